The van der Waals surface area contributed by atoms with Gasteiger partial charge in [-0.05, 0) is 24.0 Å². The fourth-order valence-electron chi connectivity index (χ4n) is 3.25. The lowest BCUT2D eigenvalue weighted by atomic mass is 10.00. The first kappa shape index (κ1) is 16.4. The van der Waals surface area contributed by atoms with Crippen molar-refractivity contribution in [3.8, 4) is 0 Å². The predicted molar refractivity (Wildman–Crippen MR) is 90.3 cm³/mol. The third-order valence-corrected chi connectivity index (χ3v) is 5.24. The van der Waals surface area contributed by atoms with Gasteiger partial charge in [0, 0.05) is 26.2 Å². The molecule has 0 radical (unpaired) electrons. The molecule has 7 heteroatoms. The summed E-state index contributed by atoms with van der Waals surface area (Å²) in [6.07, 6.45) is 1.49. The van der Waals surface area contributed by atoms with Crippen LogP contribution in [-0.4, -0.2) is 67.1 Å². The van der Waals surface area contributed by atoms with Crippen molar-refractivity contribution in [1.29, 1.82) is 0 Å². The van der Waals surface area contributed by atoms with Crippen molar-refractivity contribution in [1.82, 2.24) is 9.80 Å². The summed E-state index contributed by atoms with van der Waals surface area (Å²) in [6, 6.07) is 8.55. The third-order valence-electron chi connectivity index (χ3n) is 4.43. The van der Waals surface area contributed by atoms with E-state index in [1.54, 1.807) is 0 Å². The Hall–Kier alpha value is -1.44. The molecule has 0 saturated carbocycles. The lowest BCUT2D eigenvalue weighted by molar-refractivity contribution is 0.279. The van der Waals surface area contributed by atoms with Crippen molar-refractivity contribution in [3.05, 3.63) is 35.4 Å². The van der Waals surface area contributed by atoms with E-state index in [1.165, 1.54) is 11.1 Å². The molecule has 2 heterocycles. The van der Waals surface area contributed by atoms with Crippen LogP contribution in [0.25, 0.3) is 0 Å². The van der Waals surface area contributed by atoms with Gasteiger partial charge in [0.1, 0.15) is 5.84 Å². The molecule has 0 atom stereocenters. The Morgan fingerprint density at radius 3 is 2.74 bits per heavy atom. The maximum atomic E-state index is 10.8. The van der Waals surface area contributed by atoms with Crippen molar-refractivity contribution >= 4 is 16.0 Å². The average Bonchev–Trinajstić information content (AvgIpc) is 2.93. The fourth-order valence-corrected chi connectivity index (χ4v) is 3.74. The zero-order valence-electron chi connectivity index (χ0n) is 13.2. The highest BCUT2D eigenvalue weighted by Crippen LogP contribution is 2.19. The highest BCUT2D eigenvalue weighted by atomic mass is 32.2. The zero-order valence-corrected chi connectivity index (χ0v) is 14.0. The van der Waals surface area contributed by atoms with Gasteiger partial charge >= 0.3 is 0 Å². The van der Waals surface area contributed by atoms with Gasteiger partial charge in [-0.25, -0.2) is 0 Å². The second-order valence-electron chi connectivity index (χ2n) is 6.15. The van der Waals surface area contributed by atoms with Gasteiger partial charge in [-0.15, -0.1) is 0 Å². The number of amidine groups is 1. The van der Waals surface area contributed by atoms with Crippen LogP contribution in [0.2, 0.25) is 0 Å². The average molecular weight is 337 g/mol. The Balaban J connectivity index is 1.53. The monoisotopic (exact) mass is 337 g/mol. The Morgan fingerprint density at radius 1 is 1.17 bits per heavy atom. The minimum atomic E-state index is -3.87. The van der Waals surface area contributed by atoms with Crippen molar-refractivity contribution in [2.45, 2.75) is 19.4 Å². The largest absolute Gasteiger partial charge is 0.357 e. The van der Waals surface area contributed by atoms with Gasteiger partial charge in [0.05, 0.1) is 18.8 Å². The van der Waals surface area contributed by atoms with Gasteiger partial charge in [0.15, 0.2) is 0 Å². The molecule has 0 spiro atoms. The number of nitrogens with zero attached hydrogens (tertiary/aromatic N) is 3. The number of hydrogen-bond acceptors (Lipinski definition) is 5. The van der Waals surface area contributed by atoms with E-state index < -0.39 is 10.1 Å². The van der Waals surface area contributed by atoms with Crippen LogP contribution >= 0.6 is 0 Å². The van der Waals surface area contributed by atoms with Crippen LogP contribution in [0.3, 0.4) is 0 Å². The molecule has 1 N–H and O–H groups in total. The van der Waals surface area contributed by atoms with Crippen molar-refractivity contribution in [2.24, 2.45) is 4.99 Å². The molecule has 0 aromatic heterocycles. The molecule has 6 nitrogen and oxygen atoms in total. The first-order valence-corrected chi connectivity index (χ1v) is 9.65. The second kappa shape index (κ2) is 6.98. The minimum Gasteiger partial charge on any atom is -0.357 e. The van der Waals surface area contributed by atoms with Crippen molar-refractivity contribution < 1.29 is 13.0 Å². The molecule has 2 aliphatic heterocycles. The molecule has 126 valence electrons. The molecule has 0 aliphatic carbocycles. The predicted octanol–water partition coefficient (Wildman–Crippen LogP) is 1.04. The summed E-state index contributed by atoms with van der Waals surface area (Å²) in [5.74, 6) is 0.855. The highest BCUT2D eigenvalue weighted by Gasteiger charge is 2.22. The number of hydrogen-bond donors (Lipinski definition) is 1. The summed E-state index contributed by atoms with van der Waals surface area (Å²) >= 11 is 0. The molecule has 3 rings (SSSR count). The van der Waals surface area contributed by atoms with Gasteiger partial charge in [-0.2, -0.15) is 8.42 Å². The molecule has 0 fully saturated rings. The summed E-state index contributed by atoms with van der Waals surface area (Å²) in [4.78, 5) is 9.11. The van der Waals surface area contributed by atoms with Crippen molar-refractivity contribution in [3.63, 3.8) is 0 Å². The molecule has 1 aromatic carbocycles. The molecular formula is C16H23N3O3S. The van der Waals surface area contributed by atoms with Crippen LogP contribution in [0, 0.1) is 0 Å². The van der Waals surface area contributed by atoms with Crippen molar-refractivity contribution in [2.75, 3.05) is 38.5 Å². The Morgan fingerprint density at radius 2 is 1.96 bits per heavy atom. The van der Waals surface area contributed by atoms with Crippen LogP contribution in [0.1, 0.15) is 17.5 Å². The van der Waals surface area contributed by atoms with Gasteiger partial charge in [-0.3, -0.25) is 14.4 Å². The molecule has 1 aromatic rings. The lowest BCUT2D eigenvalue weighted by Crippen LogP contribution is -2.41. The van der Waals surface area contributed by atoms with E-state index in [2.05, 4.69) is 39.1 Å². The molecule has 23 heavy (non-hydrogen) atoms. The van der Waals surface area contributed by atoms with E-state index >= 15 is 0 Å². The van der Waals surface area contributed by atoms with E-state index in [-0.39, 0.29) is 5.75 Å². The quantitative estimate of drug-likeness (QED) is 0.785. The fraction of sp³-hybridized carbons (Fsp3) is 0.562. The molecule has 2 aliphatic rings. The number of fused-ring (bicyclic) bond motifs is 1. The number of benzene rings is 1. The maximum Gasteiger partial charge on any atom is 0.264 e. The molecular weight excluding hydrogens is 314 g/mol. The SMILES string of the molecule is O=S(=O)(O)CCCN1CCN=C1CN1CCc2ccccc2C1. The van der Waals surface area contributed by atoms with Crippen LogP contribution in [0.4, 0.5) is 0 Å². The summed E-state index contributed by atoms with van der Waals surface area (Å²) < 4.78 is 30.5. The van der Waals surface area contributed by atoms with Crippen LogP contribution in [0.15, 0.2) is 29.3 Å². The van der Waals surface area contributed by atoms with Gasteiger partial charge < -0.3 is 4.90 Å². The molecule has 0 amide bonds. The second-order valence-corrected chi connectivity index (χ2v) is 7.73. The minimum absolute atomic E-state index is 0.187. The van der Waals surface area contributed by atoms with Gasteiger partial charge in [0.2, 0.25) is 0 Å². The van der Waals surface area contributed by atoms with Gasteiger partial charge in [0.25, 0.3) is 10.1 Å². The summed E-state index contributed by atoms with van der Waals surface area (Å²) in [5.41, 5.74) is 2.82. The van der Waals surface area contributed by atoms with Crippen LogP contribution in [0.5, 0.6) is 0 Å². The topological polar surface area (TPSA) is 73.2 Å². The number of rotatable bonds is 6. The van der Waals surface area contributed by atoms with Crippen LogP contribution in [-0.2, 0) is 23.1 Å². The van der Waals surface area contributed by atoms with E-state index in [0.29, 0.717) is 13.0 Å². The van der Waals surface area contributed by atoms with E-state index in [1.807, 2.05) is 0 Å². The smallest absolute Gasteiger partial charge is 0.264 e. The Labute approximate surface area is 137 Å². The molecule has 0 bridgehead atoms. The number of aliphatic imine (C=N–C) groups is 1. The van der Waals surface area contributed by atoms with E-state index in [9.17, 15) is 8.42 Å². The highest BCUT2D eigenvalue weighted by molar-refractivity contribution is 7.85. The molecule has 0 unspecified atom stereocenters. The summed E-state index contributed by atoms with van der Waals surface area (Å²) in [7, 11) is -3.87. The summed E-state index contributed by atoms with van der Waals surface area (Å²) in [5, 5.41) is 0. The van der Waals surface area contributed by atoms with Crippen LogP contribution < -0.4 is 0 Å². The first-order valence-electron chi connectivity index (χ1n) is 8.04. The Bertz CT molecular complexity index is 688. The molecule has 0 saturated heterocycles. The van der Waals surface area contributed by atoms with E-state index in [0.717, 1.165) is 45.0 Å². The first-order chi connectivity index (χ1) is 11.0. The normalized spacial score (nSPS) is 18.8. The Kier molecular flexibility index (Phi) is 4.99. The zero-order chi connectivity index (χ0) is 16.3. The van der Waals surface area contributed by atoms with Gasteiger partial charge in [-0.1, -0.05) is 24.3 Å². The lowest BCUT2D eigenvalue weighted by Gasteiger charge is -2.31. The summed E-state index contributed by atoms with van der Waals surface area (Å²) in [6.45, 7) is 5.00. The van der Waals surface area contributed by atoms with E-state index in [4.69, 9.17) is 4.55 Å². The standard InChI is InChI=1S/C16H23N3O3S/c20-23(21,22)11-3-8-19-10-7-17-16(19)13-18-9-6-14-4-1-2-5-15(14)12-18/h1-2,4-5H,3,6-13H2,(H,20,21,22). The maximum absolute atomic E-state index is 10.8. The third kappa shape index (κ3) is 4.53.